The van der Waals surface area contributed by atoms with Crippen molar-refractivity contribution in [3.8, 4) is 6.07 Å². The molecular formula is C14H17ClN4S2. The van der Waals surface area contributed by atoms with Gasteiger partial charge in [0.15, 0.2) is 0 Å². The standard InChI is InChI=1S/C14H17ClN4S2/c1-5-9(2)13(20-4)19-12(15)6-10(3)18-14-17-8-11(7-16)21-14/h6,8-9H,5H2,1-4H3/b12-6-,18-10?,19-13?. The number of thiazole rings is 1. The summed E-state index contributed by atoms with van der Waals surface area (Å²) in [6.07, 6.45) is 6.23. The van der Waals surface area contributed by atoms with Crippen LogP contribution in [-0.4, -0.2) is 22.0 Å². The minimum absolute atomic E-state index is 0.386. The largest absolute Gasteiger partial charge is 0.234 e. The highest BCUT2D eigenvalue weighted by Gasteiger charge is 2.07. The number of thioether (sulfide) groups is 1. The van der Waals surface area contributed by atoms with E-state index >= 15 is 0 Å². The van der Waals surface area contributed by atoms with Crippen molar-refractivity contribution >= 4 is 50.6 Å². The molecule has 112 valence electrons. The van der Waals surface area contributed by atoms with Gasteiger partial charge in [-0.05, 0) is 25.7 Å². The number of halogens is 1. The highest BCUT2D eigenvalue weighted by Crippen LogP contribution is 2.21. The summed E-state index contributed by atoms with van der Waals surface area (Å²) in [5, 5.41) is 10.7. The molecule has 4 nitrogen and oxygen atoms in total. The van der Waals surface area contributed by atoms with Crippen molar-refractivity contribution in [3.63, 3.8) is 0 Å². The average molecular weight is 341 g/mol. The molecule has 0 saturated heterocycles. The molecule has 0 fully saturated rings. The van der Waals surface area contributed by atoms with Crippen molar-refractivity contribution in [2.24, 2.45) is 15.9 Å². The van der Waals surface area contributed by atoms with Crippen molar-refractivity contribution in [3.05, 3.63) is 22.3 Å². The van der Waals surface area contributed by atoms with Crippen LogP contribution >= 0.6 is 34.7 Å². The Morgan fingerprint density at radius 1 is 1.67 bits per heavy atom. The second-order valence-electron chi connectivity index (χ2n) is 4.30. The molecule has 1 rings (SSSR count). The number of hydrogen-bond donors (Lipinski definition) is 0. The molecule has 7 heteroatoms. The maximum Gasteiger partial charge on any atom is 0.210 e. The Kier molecular flexibility index (Phi) is 7.65. The van der Waals surface area contributed by atoms with Gasteiger partial charge in [-0.1, -0.05) is 36.8 Å². The fourth-order valence-corrected chi connectivity index (χ4v) is 3.09. The van der Waals surface area contributed by atoms with Crippen LogP contribution in [0.4, 0.5) is 5.13 Å². The highest BCUT2D eigenvalue weighted by atomic mass is 35.5. The number of nitriles is 1. The van der Waals surface area contributed by atoms with E-state index in [2.05, 4.69) is 28.8 Å². The van der Waals surface area contributed by atoms with Crippen molar-refractivity contribution < 1.29 is 0 Å². The first-order chi connectivity index (χ1) is 9.99. The summed E-state index contributed by atoms with van der Waals surface area (Å²) >= 11 is 9.01. The third-order valence-electron chi connectivity index (χ3n) is 2.66. The maximum atomic E-state index is 8.75. The zero-order chi connectivity index (χ0) is 15.8. The normalized spacial score (nSPS) is 15.0. The quantitative estimate of drug-likeness (QED) is 0.430. The van der Waals surface area contributed by atoms with E-state index in [0.29, 0.717) is 26.8 Å². The molecule has 0 aliphatic heterocycles. The number of rotatable bonds is 5. The van der Waals surface area contributed by atoms with Crippen molar-refractivity contribution in [1.82, 2.24) is 4.98 Å². The van der Waals surface area contributed by atoms with E-state index < -0.39 is 0 Å². The molecule has 1 atom stereocenters. The molecule has 0 amide bonds. The Morgan fingerprint density at radius 2 is 2.38 bits per heavy atom. The van der Waals surface area contributed by atoms with E-state index in [9.17, 15) is 0 Å². The summed E-state index contributed by atoms with van der Waals surface area (Å²) in [5.74, 6) is 0.386. The fourth-order valence-electron chi connectivity index (χ4n) is 1.39. The van der Waals surface area contributed by atoms with Crippen LogP contribution in [0.25, 0.3) is 0 Å². The van der Waals surface area contributed by atoms with E-state index in [1.165, 1.54) is 17.5 Å². The lowest BCUT2D eigenvalue weighted by atomic mass is 10.1. The van der Waals surface area contributed by atoms with Gasteiger partial charge in [-0.25, -0.2) is 15.0 Å². The van der Waals surface area contributed by atoms with Gasteiger partial charge in [-0.2, -0.15) is 5.26 Å². The van der Waals surface area contributed by atoms with E-state index in [1.54, 1.807) is 17.8 Å². The molecular weight excluding hydrogens is 324 g/mol. The lowest BCUT2D eigenvalue weighted by molar-refractivity contribution is 0.749. The minimum Gasteiger partial charge on any atom is -0.234 e. The summed E-state index contributed by atoms with van der Waals surface area (Å²) in [4.78, 5) is 13.3. The molecule has 0 aromatic carbocycles. The van der Waals surface area contributed by atoms with E-state index in [-0.39, 0.29) is 0 Å². The summed E-state index contributed by atoms with van der Waals surface area (Å²) in [5.41, 5.74) is 0.701. The lowest BCUT2D eigenvalue weighted by Gasteiger charge is -2.09. The predicted molar refractivity (Wildman–Crippen MR) is 93.9 cm³/mol. The second-order valence-corrected chi connectivity index (χ2v) is 6.53. The molecule has 0 N–H and O–H groups in total. The number of aromatic nitrogens is 1. The Labute approximate surface area is 138 Å². The smallest absolute Gasteiger partial charge is 0.210 e. The molecule has 0 aliphatic rings. The van der Waals surface area contributed by atoms with Crippen LogP contribution < -0.4 is 0 Å². The van der Waals surface area contributed by atoms with Gasteiger partial charge < -0.3 is 0 Å². The molecule has 21 heavy (non-hydrogen) atoms. The zero-order valence-corrected chi connectivity index (χ0v) is 14.8. The van der Waals surface area contributed by atoms with Crippen LogP contribution in [0.1, 0.15) is 32.1 Å². The SMILES string of the molecule is CCC(C)C(=N/C(Cl)=C\C(C)=Nc1ncc(C#N)s1)SC. The van der Waals surface area contributed by atoms with Gasteiger partial charge in [-0.3, -0.25) is 0 Å². The van der Waals surface area contributed by atoms with Crippen LogP contribution in [0.15, 0.2) is 27.4 Å². The predicted octanol–water partition coefficient (Wildman–Crippen LogP) is 4.99. The van der Waals surface area contributed by atoms with Crippen LogP contribution in [0, 0.1) is 17.2 Å². The van der Waals surface area contributed by atoms with Crippen molar-refractivity contribution in [2.45, 2.75) is 27.2 Å². The molecule has 0 spiro atoms. The number of allylic oxidation sites excluding steroid dienone is 1. The van der Waals surface area contributed by atoms with E-state index in [0.717, 1.165) is 11.5 Å². The monoisotopic (exact) mass is 340 g/mol. The molecule has 1 aromatic rings. The van der Waals surface area contributed by atoms with Gasteiger partial charge in [-0.15, -0.1) is 11.8 Å². The first-order valence-electron chi connectivity index (χ1n) is 6.41. The average Bonchev–Trinajstić information content (AvgIpc) is 2.91. The Bertz CT molecular complexity index is 611. The second kappa shape index (κ2) is 8.98. The molecule has 1 aromatic heterocycles. The Balaban J connectivity index is 2.90. The number of nitrogens with zero attached hydrogens (tertiary/aromatic N) is 4. The first kappa shape index (κ1) is 17.9. The fraction of sp³-hybridized carbons (Fsp3) is 0.429. The Morgan fingerprint density at radius 3 is 2.90 bits per heavy atom. The number of aliphatic imine (C=N–C) groups is 2. The van der Waals surface area contributed by atoms with Crippen LogP contribution in [0.5, 0.6) is 0 Å². The molecule has 0 radical (unpaired) electrons. The van der Waals surface area contributed by atoms with Gasteiger partial charge >= 0.3 is 0 Å². The Hall–Kier alpha value is -1.16. The van der Waals surface area contributed by atoms with Crippen LogP contribution in [0.3, 0.4) is 0 Å². The lowest BCUT2D eigenvalue weighted by Crippen LogP contribution is -2.05. The third kappa shape index (κ3) is 6.00. The molecule has 1 heterocycles. The third-order valence-corrected chi connectivity index (χ3v) is 4.57. The van der Waals surface area contributed by atoms with Crippen LogP contribution in [-0.2, 0) is 0 Å². The van der Waals surface area contributed by atoms with E-state index in [4.69, 9.17) is 16.9 Å². The maximum absolute atomic E-state index is 8.75. The molecule has 1 unspecified atom stereocenters. The van der Waals surface area contributed by atoms with Crippen molar-refractivity contribution in [1.29, 1.82) is 5.26 Å². The molecule has 0 aliphatic carbocycles. The summed E-state index contributed by atoms with van der Waals surface area (Å²) < 4.78 is 0. The van der Waals surface area contributed by atoms with Crippen LogP contribution in [0.2, 0.25) is 0 Å². The molecule has 0 bridgehead atoms. The zero-order valence-electron chi connectivity index (χ0n) is 12.4. The minimum atomic E-state index is 0.386. The van der Waals surface area contributed by atoms with Gasteiger partial charge in [0.2, 0.25) is 5.13 Å². The van der Waals surface area contributed by atoms with E-state index in [1.807, 2.05) is 19.2 Å². The van der Waals surface area contributed by atoms with Gasteiger partial charge in [0.1, 0.15) is 16.1 Å². The first-order valence-corrected chi connectivity index (χ1v) is 8.83. The highest BCUT2D eigenvalue weighted by molar-refractivity contribution is 8.13. The number of hydrogen-bond acceptors (Lipinski definition) is 6. The van der Waals surface area contributed by atoms with Crippen molar-refractivity contribution in [2.75, 3.05) is 6.26 Å². The summed E-state index contributed by atoms with van der Waals surface area (Å²) in [6.45, 7) is 6.07. The summed E-state index contributed by atoms with van der Waals surface area (Å²) in [6, 6.07) is 2.03. The summed E-state index contributed by atoms with van der Waals surface area (Å²) in [7, 11) is 0. The van der Waals surface area contributed by atoms with Gasteiger partial charge in [0.25, 0.3) is 0 Å². The van der Waals surface area contributed by atoms with Gasteiger partial charge in [0, 0.05) is 11.6 Å². The topological polar surface area (TPSA) is 61.4 Å². The molecule has 0 saturated carbocycles. The van der Waals surface area contributed by atoms with Gasteiger partial charge in [0.05, 0.1) is 11.2 Å².